The quantitative estimate of drug-likeness (QED) is 0.441. The van der Waals surface area contributed by atoms with Gasteiger partial charge in [-0.2, -0.15) is 0 Å². The number of hydrogen-bond acceptors (Lipinski definition) is 6. The average molecular weight is 438 g/mol. The molecule has 1 amide bonds. The van der Waals surface area contributed by atoms with E-state index in [2.05, 4.69) is 44.3 Å². The van der Waals surface area contributed by atoms with Gasteiger partial charge in [-0.05, 0) is 34.1 Å². The molecule has 7 heteroatoms. The van der Waals surface area contributed by atoms with Crippen molar-refractivity contribution in [2.24, 2.45) is 0 Å². The summed E-state index contributed by atoms with van der Waals surface area (Å²) in [6.07, 6.45) is 9.94. The lowest BCUT2D eigenvalue weighted by atomic mass is 9.85. The molecule has 31 heavy (non-hydrogen) atoms. The Labute approximate surface area is 186 Å². The molecule has 0 unspecified atom stereocenters. The molecule has 3 atom stereocenters. The predicted molar refractivity (Wildman–Crippen MR) is 118 cm³/mol. The third-order valence-electron chi connectivity index (χ3n) is 6.06. The number of allylic oxidation sites excluding steroid dienone is 2. The monoisotopic (exact) mass is 437 g/mol. The molecule has 3 saturated heterocycles. The fraction of sp³-hybridized carbons (Fsp3) is 0.792. The Hall–Kier alpha value is -1.25. The molecule has 1 spiro atoms. The number of nitrogens with one attached hydrogen (secondary N) is 1. The van der Waals surface area contributed by atoms with E-state index in [1.807, 2.05) is 6.92 Å². The molecule has 0 bridgehead atoms. The van der Waals surface area contributed by atoms with Gasteiger partial charge < -0.3 is 29.0 Å². The summed E-state index contributed by atoms with van der Waals surface area (Å²) >= 11 is 0. The van der Waals surface area contributed by atoms with Crippen LogP contribution in [0.15, 0.2) is 23.8 Å². The van der Waals surface area contributed by atoms with Gasteiger partial charge in [-0.15, -0.1) is 0 Å². The molecule has 0 saturated carbocycles. The molecule has 0 aliphatic carbocycles. The molecule has 0 aromatic carbocycles. The first-order valence-electron chi connectivity index (χ1n) is 11.4. The molecule has 176 valence electrons. The van der Waals surface area contributed by atoms with E-state index >= 15 is 0 Å². The lowest BCUT2D eigenvalue weighted by molar-refractivity contribution is -0.188. The second-order valence-electron chi connectivity index (χ2n) is 9.76. The summed E-state index contributed by atoms with van der Waals surface area (Å²) in [5, 5.41) is 2.96. The van der Waals surface area contributed by atoms with Crippen LogP contribution >= 0.6 is 0 Å². The largest absolute Gasteiger partial charge is 0.382 e. The van der Waals surface area contributed by atoms with E-state index in [4.69, 9.17) is 23.7 Å². The van der Waals surface area contributed by atoms with Gasteiger partial charge in [0.15, 0.2) is 6.29 Å². The number of carbonyl (C=O) groups excluding carboxylic acids is 1. The molecular weight excluding hydrogens is 398 g/mol. The van der Waals surface area contributed by atoms with Crippen LogP contribution in [0, 0.1) is 0 Å². The Bertz CT molecular complexity index is 655. The zero-order chi connectivity index (χ0) is 22.5. The van der Waals surface area contributed by atoms with Crippen molar-refractivity contribution in [1.29, 1.82) is 0 Å². The van der Waals surface area contributed by atoms with Gasteiger partial charge >= 0.3 is 0 Å². The molecule has 1 N–H and O–H groups in total. The van der Waals surface area contributed by atoms with Crippen molar-refractivity contribution in [3.63, 3.8) is 0 Å². The van der Waals surface area contributed by atoms with Crippen molar-refractivity contribution in [3.8, 4) is 0 Å². The van der Waals surface area contributed by atoms with Gasteiger partial charge in [0.05, 0.1) is 49.3 Å². The number of amides is 1. The van der Waals surface area contributed by atoms with Crippen LogP contribution in [-0.4, -0.2) is 68.6 Å². The Morgan fingerprint density at radius 2 is 2.00 bits per heavy atom. The van der Waals surface area contributed by atoms with E-state index in [9.17, 15) is 4.79 Å². The lowest BCUT2D eigenvalue weighted by Crippen LogP contribution is -2.47. The Kier molecular flexibility index (Phi) is 8.32. The highest BCUT2D eigenvalue weighted by Crippen LogP contribution is 2.46. The predicted octanol–water partition coefficient (Wildman–Crippen LogP) is 3.28. The van der Waals surface area contributed by atoms with Crippen molar-refractivity contribution in [2.45, 2.75) is 95.5 Å². The molecule has 3 heterocycles. The van der Waals surface area contributed by atoms with Gasteiger partial charge in [-0.1, -0.05) is 23.8 Å². The maximum absolute atomic E-state index is 12.0. The fourth-order valence-electron chi connectivity index (χ4n) is 4.26. The maximum Gasteiger partial charge on any atom is 0.220 e. The van der Waals surface area contributed by atoms with Crippen molar-refractivity contribution in [2.75, 3.05) is 26.9 Å². The normalized spacial score (nSPS) is 34.1. The van der Waals surface area contributed by atoms with Crippen molar-refractivity contribution >= 4 is 5.91 Å². The van der Waals surface area contributed by atoms with Crippen molar-refractivity contribution < 1.29 is 28.5 Å². The topological polar surface area (TPSA) is 78.6 Å². The summed E-state index contributed by atoms with van der Waals surface area (Å²) < 4.78 is 28.6. The minimum absolute atomic E-state index is 0.00640. The fourth-order valence-corrected chi connectivity index (χ4v) is 4.26. The van der Waals surface area contributed by atoms with Crippen LogP contribution in [0.1, 0.15) is 59.8 Å². The van der Waals surface area contributed by atoms with Crippen LogP contribution in [0.25, 0.3) is 0 Å². The van der Waals surface area contributed by atoms with Crippen LogP contribution in [-0.2, 0) is 28.5 Å². The van der Waals surface area contributed by atoms with Crippen molar-refractivity contribution in [3.05, 3.63) is 23.8 Å². The van der Waals surface area contributed by atoms with E-state index < -0.39 is 0 Å². The Balaban J connectivity index is 1.35. The van der Waals surface area contributed by atoms with E-state index in [1.54, 1.807) is 7.11 Å². The van der Waals surface area contributed by atoms with Gasteiger partial charge in [0, 0.05) is 32.8 Å². The van der Waals surface area contributed by atoms with Crippen LogP contribution in [0.4, 0.5) is 0 Å². The highest BCUT2D eigenvalue weighted by Gasteiger charge is 2.53. The molecule has 0 aromatic rings. The molecule has 3 rings (SSSR count). The number of rotatable bonds is 9. The van der Waals surface area contributed by atoms with Crippen molar-refractivity contribution in [1.82, 2.24) is 5.32 Å². The standard InChI is InChI=1S/C24H39NO6/c1-17(6-9-20-12-24(16-30-24)15-23(3,4)31-20)7-11-22-28-13-19(14-29-22)25-21(26)10-8-18(2)27-5/h6-7,9,18-20,22H,8,10-16H2,1-5H3,(H,25,26)/b9-6+,17-7+/t18-,19?,20+,22?,24+/m0/s1. The zero-order valence-electron chi connectivity index (χ0n) is 19.6. The second kappa shape index (κ2) is 10.6. The summed E-state index contributed by atoms with van der Waals surface area (Å²) in [5.74, 6) is 0.00640. The SMILES string of the molecule is CO[C@@H](C)CCC(=O)NC1COC(C/C=C(C)/C=C/[C@@H]2C[C@]3(CO3)CC(C)(C)O2)OC1. The van der Waals surface area contributed by atoms with E-state index in [0.717, 1.165) is 25.0 Å². The molecule has 3 aliphatic heterocycles. The van der Waals surface area contributed by atoms with Gasteiger partial charge in [0.1, 0.15) is 0 Å². The van der Waals surface area contributed by atoms with Gasteiger partial charge in [-0.25, -0.2) is 0 Å². The van der Waals surface area contributed by atoms with Gasteiger partial charge in [0.25, 0.3) is 0 Å². The van der Waals surface area contributed by atoms with E-state index in [1.165, 1.54) is 0 Å². The Morgan fingerprint density at radius 1 is 1.29 bits per heavy atom. The molecule has 0 aromatic heterocycles. The summed E-state index contributed by atoms with van der Waals surface area (Å²) in [7, 11) is 1.65. The third-order valence-corrected chi connectivity index (χ3v) is 6.06. The average Bonchev–Trinajstić information content (AvgIpc) is 3.46. The van der Waals surface area contributed by atoms with Crippen LogP contribution in [0.5, 0.6) is 0 Å². The smallest absolute Gasteiger partial charge is 0.220 e. The first-order chi connectivity index (χ1) is 14.7. The highest BCUT2D eigenvalue weighted by atomic mass is 16.7. The minimum atomic E-state index is -0.280. The molecule has 0 radical (unpaired) electrons. The van der Waals surface area contributed by atoms with Crippen LogP contribution < -0.4 is 5.32 Å². The highest BCUT2D eigenvalue weighted by molar-refractivity contribution is 5.76. The number of carbonyl (C=O) groups is 1. The van der Waals surface area contributed by atoms with Crippen LogP contribution in [0.3, 0.4) is 0 Å². The van der Waals surface area contributed by atoms with Crippen LogP contribution in [0.2, 0.25) is 0 Å². The summed E-state index contributed by atoms with van der Waals surface area (Å²) in [6, 6.07) is -0.102. The first kappa shape index (κ1) is 24.4. The summed E-state index contributed by atoms with van der Waals surface area (Å²) in [6.45, 7) is 10.1. The summed E-state index contributed by atoms with van der Waals surface area (Å²) in [5.41, 5.74) is 1.03. The summed E-state index contributed by atoms with van der Waals surface area (Å²) in [4.78, 5) is 12.0. The second-order valence-corrected chi connectivity index (χ2v) is 9.76. The minimum Gasteiger partial charge on any atom is -0.382 e. The number of methoxy groups -OCH3 is 1. The maximum atomic E-state index is 12.0. The molecule has 3 aliphatic rings. The van der Waals surface area contributed by atoms with Gasteiger partial charge in [0.2, 0.25) is 5.91 Å². The molecule has 7 nitrogen and oxygen atoms in total. The molecule has 3 fully saturated rings. The molecular formula is C24H39NO6. The van der Waals surface area contributed by atoms with E-state index in [0.29, 0.717) is 32.5 Å². The lowest BCUT2D eigenvalue weighted by Gasteiger charge is -2.38. The number of ether oxygens (including phenoxy) is 5. The number of hydrogen-bond donors (Lipinski definition) is 1. The van der Waals surface area contributed by atoms with E-state index in [-0.39, 0.29) is 41.6 Å². The third kappa shape index (κ3) is 7.99. The van der Waals surface area contributed by atoms with Gasteiger partial charge in [-0.3, -0.25) is 4.79 Å². The number of epoxide rings is 1. The first-order valence-corrected chi connectivity index (χ1v) is 11.4. The zero-order valence-corrected chi connectivity index (χ0v) is 19.6. The Morgan fingerprint density at radius 3 is 2.65 bits per heavy atom.